The number of imide groups is 1. The van der Waals surface area contributed by atoms with E-state index in [0.29, 0.717) is 12.8 Å². The zero-order valence-corrected chi connectivity index (χ0v) is 17.2. The molecular formula is C21H33N3O4. The van der Waals surface area contributed by atoms with E-state index in [1.807, 2.05) is 58.0 Å². The van der Waals surface area contributed by atoms with Gasteiger partial charge in [-0.2, -0.15) is 0 Å². The Bertz CT molecular complexity index is 646. The molecule has 3 amide bonds. The number of carbonyl (C=O) groups is 3. The van der Waals surface area contributed by atoms with Gasteiger partial charge >= 0.3 is 0 Å². The molecule has 1 rings (SSSR count). The summed E-state index contributed by atoms with van der Waals surface area (Å²) in [6.07, 6.45) is 0.752. The second-order valence-electron chi connectivity index (χ2n) is 7.90. The number of rotatable bonds is 10. The van der Waals surface area contributed by atoms with Gasteiger partial charge in [-0.15, -0.1) is 0 Å². The molecule has 0 saturated heterocycles. The number of nitrogens with zero attached hydrogens (tertiary/aromatic N) is 1. The molecule has 0 heterocycles. The number of hydrogen-bond donors (Lipinski definition) is 3. The summed E-state index contributed by atoms with van der Waals surface area (Å²) >= 11 is 0. The van der Waals surface area contributed by atoms with Crippen molar-refractivity contribution in [2.75, 3.05) is 6.54 Å². The molecule has 1 aromatic rings. The number of nitrogens with one attached hydrogen (secondary N) is 1. The van der Waals surface area contributed by atoms with Crippen LogP contribution in [0.4, 0.5) is 0 Å². The smallest absolute Gasteiger partial charge is 0.246 e. The van der Waals surface area contributed by atoms with E-state index >= 15 is 0 Å². The van der Waals surface area contributed by atoms with Crippen molar-refractivity contribution in [3.05, 3.63) is 35.9 Å². The van der Waals surface area contributed by atoms with Gasteiger partial charge in [-0.05, 0) is 30.2 Å². The summed E-state index contributed by atoms with van der Waals surface area (Å²) in [6, 6.07) is 8.76. The number of hydrogen-bond acceptors (Lipinski definition) is 5. The minimum Gasteiger partial charge on any atom is -0.320 e. The van der Waals surface area contributed by atoms with Crippen LogP contribution in [0.3, 0.4) is 0 Å². The predicted molar refractivity (Wildman–Crippen MR) is 107 cm³/mol. The van der Waals surface area contributed by atoms with E-state index in [1.165, 1.54) is 4.90 Å². The Morgan fingerprint density at radius 3 is 2.18 bits per heavy atom. The zero-order valence-electron chi connectivity index (χ0n) is 17.2. The van der Waals surface area contributed by atoms with Gasteiger partial charge in [0.25, 0.3) is 0 Å². The first-order valence-electron chi connectivity index (χ1n) is 9.75. The Balaban J connectivity index is 3.08. The van der Waals surface area contributed by atoms with E-state index in [9.17, 15) is 14.4 Å². The van der Waals surface area contributed by atoms with Gasteiger partial charge in [0.05, 0.1) is 6.04 Å². The van der Waals surface area contributed by atoms with Crippen molar-refractivity contribution in [2.24, 2.45) is 23.5 Å². The van der Waals surface area contributed by atoms with E-state index < -0.39 is 29.7 Å². The zero-order chi connectivity index (χ0) is 21.3. The van der Waals surface area contributed by atoms with E-state index in [0.717, 1.165) is 5.56 Å². The number of nitrogens with two attached hydrogens (primary N) is 1. The summed E-state index contributed by atoms with van der Waals surface area (Å²) in [5.41, 5.74) is 8.60. The summed E-state index contributed by atoms with van der Waals surface area (Å²) in [5, 5.41) is 8.85. The largest absolute Gasteiger partial charge is 0.320 e. The summed E-state index contributed by atoms with van der Waals surface area (Å²) in [7, 11) is 0. The number of benzene rings is 1. The van der Waals surface area contributed by atoms with Crippen LogP contribution in [-0.2, 0) is 20.8 Å². The predicted octanol–water partition coefficient (Wildman–Crippen LogP) is 2.13. The summed E-state index contributed by atoms with van der Waals surface area (Å²) in [5.74, 6) is -2.19. The highest BCUT2D eigenvalue weighted by Crippen LogP contribution is 2.20. The monoisotopic (exact) mass is 391 g/mol. The SMILES string of the molecule is CC(C)CC(CC(=O)NO)C(=O)N(CCc1ccccc1)C(=O)[C@@H](N)C(C)C. The van der Waals surface area contributed by atoms with Crippen molar-refractivity contribution < 1.29 is 19.6 Å². The van der Waals surface area contributed by atoms with Gasteiger partial charge in [-0.1, -0.05) is 58.0 Å². The molecule has 7 nitrogen and oxygen atoms in total. The van der Waals surface area contributed by atoms with Crippen molar-refractivity contribution in [1.82, 2.24) is 10.4 Å². The molecule has 0 aliphatic carbocycles. The van der Waals surface area contributed by atoms with Crippen LogP contribution in [0, 0.1) is 17.8 Å². The molecule has 0 saturated carbocycles. The molecule has 1 aromatic carbocycles. The van der Waals surface area contributed by atoms with Crippen LogP contribution in [0.25, 0.3) is 0 Å². The third-order valence-electron chi connectivity index (χ3n) is 4.66. The molecule has 28 heavy (non-hydrogen) atoms. The van der Waals surface area contributed by atoms with Gasteiger partial charge < -0.3 is 5.73 Å². The molecule has 156 valence electrons. The molecule has 0 aromatic heterocycles. The maximum Gasteiger partial charge on any atom is 0.246 e. The Morgan fingerprint density at radius 2 is 1.68 bits per heavy atom. The van der Waals surface area contributed by atoms with Crippen LogP contribution in [-0.4, -0.2) is 40.4 Å². The maximum absolute atomic E-state index is 13.2. The average Bonchev–Trinajstić information content (AvgIpc) is 2.66. The number of carbonyl (C=O) groups excluding carboxylic acids is 3. The lowest BCUT2D eigenvalue weighted by Crippen LogP contribution is -2.51. The van der Waals surface area contributed by atoms with Crippen LogP contribution in [0.2, 0.25) is 0 Å². The first kappa shape index (κ1) is 23.8. The Hall–Kier alpha value is -2.25. The van der Waals surface area contributed by atoms with Crippen molar-refractivity contribution in [3.8, 4) is 0 Å². The molecule has 0 bridgehead atoms. The van der Waals surface area contributed by atoms with Crippen molar-refractivity contribution >= 4 is 17.7 Å². The number of amides is 3. The fourth-order valence-corrected chi connectivity index (χ4v) is 3.01. The second kappa shape index (κ2) is 11.6. The van der Waals surface area contributed by atoms with Gasteiger partial charge in [-0.25, -0.2) is 5.48 Å². The van der Waals surface area contributed by atoms with Gasteiger partial charge in [0.1, 0.15) is 0 Å². The van der Waals surface area contributed by atoms with Gasteiger partial charge in [0.15, 0.2) is 0 Å². The molecule has 0 radical (unpaired) electrons. The lowest BCUT2D eigenvalue weighted by atomic mass is 9.91. The lowest BCUT2D eigenvalue weighted by Gasteiger charge is -2.29. The standard InChI is InChI=1S/C21H33N3O4/c1-14(2)12-17(13-18(25)23-28)20(26)24(21(27)19(22)15(3)4)11-10-16-8-6-5-7-9-16/h5-9,14-15,17,19,28H,10-13,22H2,1-4H3,(H,23,25)/t17?,19-/m0/s1. The van der Waals surface area contributed by atoms with Crippen LogP contribution in [0.1, 0.15) is 46.1 Å². The minimum absolute atomic E-state index is 0.121. The van der Waals surface area contributed by atoms with E-state index in [-0.39, 0.29) is 24.8 Å². The van der Waals surface area contributed by atoms with Crippen LogP contribution >= 0.6 is 0 Å². The van der Waals surface area contributed by atoms with Crippen LogP contribution in [0.15, 0.2) is 30.3 Å². The molecule has 4 N–H and O–H groups in total. The lowest BCUT2D eigenvalue weighted by molar-refractivity contribution is -0.151. The Morgan fingerprint density at radius 1 is 1.07 bits per heavy atom. The first-order chi connectivity index (χ1) is 13.2. The summed E-state index contributed by atoms with van der Waals surface area (Å²) in [4.78, 5) is 39.0. The molecule has 2 atom stereocenters. The second-order valence-corrected chi connectivity index (χ2v) is 7.90. The first-order valence-corrected chi connectivity index (χ1v) is 9.75. The molecule has 1 unspecified atom stereocenters. The topological polar surface area (TPSA) is 113 Å². The van der Waals surface area contributed by atoms with Gasteiger partial charge in [0, 0.05) is 18.9 Å². The Kier molecular flexibility index (Phi) is 9.82. The van der Waals surface area contributed by atoms with Gasteiger partial charge in [-0.3, -0.25) is 24.5 Å². The van der Waals surface area contributed by atoms with E-state index in [1.54, 1.807) is 5.48 Å². The summed E-state index contributed by atoms with van der Waals surface area (Å²) < 4.78 is 0. The quantitative estimate of drug-likeness (QED) is 0.418. The molecule has 0 aliphatic rings. The fourth-order valence-electron chi connectivity index (χ4n) is 3.01. The minimum atomic E-state index is -0.800. The van der Waals surface area contributed by atoms with Crippen molar-refractivity contribution in [2.45, 2.75) is 53.0 Å². The fraction of sp³-hybridized carbons (Fsp3) is 0.571. The highest BCUT2D eigenvalue weighted by Gasteiger charge is 2.33. The van der Waals surface area contributed by atoms with Crippen molar-refractivity contribution in [1.29, 1.82) is 0 Å². The molecule has 0 spiro atoms. The molecule has 7 heteroatoms. The molecular weight excluding hydrogens is 358 g/mol. The summed E-state index contributed by atoms with van der Waals surface area (Å²) in [6.45, 7) is 7.72. The normalized spacial score (nSPS) is 13.3. The van der Waals surface area contributed by atoms with E-state index in [2.05, 4.69) is 0 Å². The van der Waals surface area contributed by atoms with E-state index in [4.69, 9.17) is 10.9 Å². The van der Waals surface area contributed by atoms with Crippen LogP contribution in [0.5, 0.6) is 0 Å². The maximum atomic E-state index is 13.2. The molecule has 0 aliphatic heterocycles. The highest BCUT2D eigenvalue weighted by atomic mass is 16.5. The van der Waals surface area contributed by atoms with Crippen molar-refractivity contribution in [3.63, 3.8) is 0 Å². The van der Waals surface area contributed by atoms with Crippen LogP contribution < -0.4 is 11.2 Å². The average molecular weight is 392 g/mol. The highest BCUT2D eigenvalue weighted by molar-refractivity contribution is 6.00. The third-order valence-corrected chi connectivity index (χ3v) is 4.66. The third kappa shape index (κ3) is 7.40. The molecule has 0 fully saturated rings. The van der Waals surface area contributed by atoms with Gasteiger partial charge in [0.2, 0.25) is 17.7 Å². The Labute approximate surface area is 167 Å². The number of hydroxylamine groups is 1.